The van der Waals surface area contributed by atoms with Crippen LogP contribution in [0, 0.1) is 16.0 Å². The van der Waals surface area contributed by atoms with Gasteiger partial charge in [0.1, 0.15) is 5.69 Å². The number of allylic oxidation sites excluding steroid dienone is 1. The van der Waals surface area contributed by atoms with Gasteiger partial charge >= 0.3 is 5.97 Å². The predicted octanol–water partition coefficient (Wildman–Crippen LogP) is 3.36. The molecule has 1 aromatic carbocycles. The van der Waals surface area contributed by atoms with Crippen LogP contribution in [0.5, 0.6) is 0 Å². The summed E-state index contributed by atoms with van der Waals surface area (Å²) in [4.78, 5) is 37.0. The van der Waals surface area contributed by atoms with E-state index in [-0.39, 0.29) is 35.0 Å². The minimum atomic E-state index is -0.390. The first-order chi connectivity index (χ1) is 14.5. The quantitative estimate of drug-likeness (QED) is 0.302. The highest BCUT2D eigenvalue weighted by Crippen LogP contribution is 2.31. The van der Waals surface area contributed by atoms with Crippen molar-refractivity contribution in [2.24, 2.45) is 5.92 Å². The number of hydrogen-bond acceptors (Lipinski definition) is 6. The fourth-order valence-corrected chi connectivity index (χ4v) is 4.04. The van der Waals surface area contributed by atoms with Crippen LogP contribution in [0.3, 0.4) is 0 Å². The SMILES string of the molecule is O=C(COC(=O)C1CCN(c2ccccc2[N+](=O)[O-])CC1)NCCC1=CCCCC1. The second-order valence-corrected chi connectivity index (χ2v) is 7.82. The zero-order chi connectivity index (χ0) is 21.3. The molecule has 1 aromatic rings. The van der Waals surface area contributed by atoms with Gasteiger partial charge in [-0.3, -0.25) is 19.7 Å². The molecule has 1 saturated heterocycles. The molecule has 1 amide bonds. The Kier molecular flexibility index (Phi) is 7.82. The topological polar surface area (TPSA) is 102 Å². The van der Waals surface area contributed by atoms with Gasteiger partial charge in [0.05, 0.1) is 10.8 Å². The smallest absolute Gasteiger partial charge is 0.309 e. The minimum absolute atomic E-state index is 0.0687. The van der Waals surface area contributed by atoms with Crippen molar-refractivity contribution in [3.05, 3.63) is 46.0 Å². The van der Waals surface area contributed by atoms with Crippen molar-refractivity contribution in [3.8, 4) is 0 Å². The lowest BCUT2D eigenvalue weighted by Crippen LogP contribution is -2.38. The Labute approximate surface area is 176 Å². The lowest BCUT2D eigenvalue weighted by Gasteiger charge is -2.32. The number of carbonyl (C=O) groups is 2. The number of anilines is 1. The number of para-hydroxylation sites is 2. The van der Waals surface area contributed by atoms with E-state index >= 15 is 0 Å². The van der Waals surface area contributed by atoms with Crippen molar-refractivity contribution < 1.29 is 19.2 Å². The van der Waals surface area contributed by atoms with Gasteiger partial charge in [0.15, 0.2) is 6.61 Å². The van der Waals surface area contributed by atoms with Crippen LogP contribution in [0.1, 0.15) is 44.9 Å². The van der Waals surface area contributed by atoms with Gasteiger partial charge in [-0.15, -0.1) is 0 Å². The molecule has 0 bridgehead atoms. The zero-order valence-corrected chi connectivity index (χ0v) is 17.2. The summed E-state index contributed by atoms with van der Waals surface area (Å²) in [5.41, 5.74) is 2.03. The molecule has 8 nitrogen and oxygen atoms in total. The standard InChI is InChI=1S/C22H29N3O5/c26-21(23-13-10-17-6-2-1-3-7-17)16-30-22(27)18-11-14-24(15-12-18)19-8-4-5-9-20(19)25(28)29/h4-6,8-9,18H,1-3,7,10-16H2,(H,23,26). The molecule has 3 rings (SSSR count). The molecule has 0 saturated carbocycles. The Balaban J connectivity index is 1.37. The number of benzene rings is 1. The van der Waals surface area contributed by atoms with Gasteiger partial charge in [0, 0.05) is 25.7 Å². The number of nitrogens with zero attached hydrogens (tertiary/aromatic N) is 2. The summed E-state index contributed by atoms with van der Waals surface area (Å²) in [6, 6.07) is 6.62. The highest BCUT2D eigenvalue weighted by Gasteiger charge is 2.29. The van der Waals surface area contributed by atoms with E-state index < -0.39 is 0 Å². The first-order valence-corrected chi connectivity index (χ1v) is 10.6. The molecule has 162 valence electrons. The summed E-state index contributed by atoms with van der Waals surface area (Å²) in [5.74, 6) is -0.941. The summed E-state index contributed by atoms with van der Waals surface area (Å²) < 4.78 is 5.20. The third-order valence-corrected chi connectivity index (χ3v) is 5.75. The fourth-order valence-electron chi connectivity index (χ4n) is 4.04. The average molecular weight is 415 g/mol. The molecule has 1 aliphatic heterocycles. The summed E-state index contributed by atoms with van der Waals surface area (Å²) in [7, 11) is 0. The van der Waals surface area contributed by atoms with E-state index in [0.29, 0.717) is 38.2 Å². The van der Waals surface area contributed by atoms with Crippen molar-refractivity contribution in [3.63, 3.8) is 0 Å². The molecule has 30 heavy (non-hydrogen) atoms. The Morgan fingerprint density at radius 3 is 2.67 bits per heavy atom. The number of esters is 1. The lowest BCUT2D eigenvalue weighted by atomic mass is 9.96. The summed E-state index contributed by atoms with van der Waals surface area (Å²) in [6.45, 7) is 1.37. The van der Waals surface area contributed by atoms with Crippen molar-refractivity contribution in [1.29, 1.82) is 0 Å². The number of nitro groups is 1. The van der Waals surface area contributed by atoms with Crippen molar-refractivity contribution in [2.75, 3.05) is 31.1 Å². The normalized spacial score (nSPS) is 17.2. The number of nitro benzene ring substituents is 1. The summed E-state index contributed by atoms with van der Waals surface area (Å²) in [6.07, 6.45) is 8.88. The molecule has 0 aromatic heterocycles. The number of ether oxygens (including phenoxy) is 1. The maximum absolute atomic E-state index is 12.3. The number of amides is 1. The molecule has 0 atom stereocenters. The van der Waals surface area contributed by atoms with Crippen molar-refractivity contribution in [2.45, 2.75) is 44.9 Å². The molecule has 0 unspecified atom stereocenters. The Morgan fingerprint density at radius 2 is 1.97 bits per heavy atom. The van der Waals surface area contributed by atoms with E-state index in [2.05, 4.69) is 11.4 Å². The number of piperidine rings is 1. The first kappa shape index (κ1) is 21.8. The van der Waals surface area contributed by atoms with Crippen LogP contribution in [0.15, 0.2) is 35.9 Å². The second-order valence-electron chi connectivity index (χ2n) is 7.82. The molecular formula is C22H29N3O5. The van der Waals surface area contributed by atoms with Gasteiger partial charge in [-0.2, -0.15) is 0 Å². The third-order valence-electron chi connectivity index (χ3n) is 5.75. The van der Waals surface area contributed by atoms with Gasteiger partial charge in [-0.05, 0) is 51.0 Å². The van der Waals surface area contributed by atoms with Crippen LogP contribution in [-0.4, -0.2) is 43.0 Å². The zero-order valence-electron chi connectivity index (χ0n) is 17.2. The number of hydrogen-bond donors (Lipinski definition) is 1. The van der Waals surface area contributed by atoms with Crippen LogP contribution < -0.4 is 10.2 Å². The fraction of sp³-hybridized carbons (Fsp3) is 0.545. The molecule has 0 radical (unpaired) electrons. The molecule has 0 spiro atoms. The van der Waals surface area contributed by atoms with E-state index in [1.807, 2.05) is 4.90 Å². The van der Waals surface area contributed by atoms with Crippen LogP contribution in [0.4, 0.5) is 11.4 Å². The highest BCUT2D eigenvalue weighted by molar-refractivity contribution is 5.81. The number of carbonyl (C=O) groups excluding carboxylic acids is 2. The molecule has 1 N–H and O–H groups in total. The van der Waals surface area contributed by atoms with Gasteiger partial charge in [0.25, 0.3) is 11.6 Å². The van der Waals surface area contributed by atoms with Crippen molar-refractivity contribution in [1.82, 2.24) is 5.32 Å². The Morgan fingerprint density at radius 1 is 1.20 bits per heavy atom. The summed E-state index contributed by atoms with van der Waals surface area (Å²) in [5, 5.41) is 14.0. The van der Waals surface area contributed by atoms with Crippen LogP contribution >= 0.6 is 0 Å². The van der Waals surface area contributed by atoms with Gasteiger partial charge in [-0.25, -0.2) is 0 Å². The van der Waals surface area contributed by atoms with E-state index in [1.165, 1.54) is 24.5 Å². The molecule has 2 aliphatic rings. The second kappa shape index (κ2) is 10.8. The molecule has 1 fully saturated rings. The van der Waals surface area contributed by atoms with Crippen LogP contribution in [0.25, 0.3) is 0 Å². The van der Waals surface area contributed by atoms with E-state index in [1.54, 1.807) is 18.2 Å². The number of nitrogens with one attached hydrogen (secondary N) is 1. The average Bonchev–Trinajstić information content (AvgIpc) is 2.78. The van der Waals surface area contributed by atoms with Crippen molar-refractivity contribution >= 4 is 23.3 Å². The molecule has 1 heterocycles. The Hall–Kier alpha value is -2.90. The Bertz CT molecular complexity index is 800. The monoisotopic (exact) mass is 415 g/mol. The van der Waals surface area contributed by atoms with E-state index in [0.717, 1.165) is 19.3 Å². The molecule has 1 aliphatic carbocycles. The maximum Gasteiger partial charge on any atom is 0.309 e. The van der Waals surface area contributed by atoms with Crippen LogP contribution in [-0.2, 0) is 14.3 Å². The largest absolute Gasteiger partial charge is 0.455 e. The highest BCUT2D eigenvalue weighted by atomic mass is 16.6. The maximum atomic E-state index is 12.3. The van der Waals surface area contributed by atoms with Gasteiger partial charge in [-0.1, -0.05) is 23.8 Å². The van der Waals surface area contributed by atoms with Crippen LogP contribution in [0.2, 0.25) is 0 Å². The lowest BCUT2D eigenvalue weighted by molar-refractivity contribution is -0.384. The van der Waals surface area contributed by atoms with Gasteiger partial charge in [0.2, 0.25) is 0 Å². The van der Waals surface area contributed by atoms with E-state index in [9.17, 15) is 19.7 Å². The third kappa shape index (κ3) is 6.05. The molecular weight excluding hydrogens is 386 g/mol. The van der Waals surface area contributed by atoms with E-state index in [4.69, 9.17) is 4.74 Å². The molecule has 8 heteroatoms. The first-order valence-electron chi connectivity index (χ1n) is 10.6. The predicted molar refractivity (Wildman–Crippen MR) is 113 cm³/mol. The minimum Gasteiger partial charge on any atom is -0.455 e. The summed E-state index contributed by atoms with van der Waals surface area (Å²) >= 11 is 0. The number of rotatable bonds is 8. The van der Waals surface area contributed by atoms with Gasteiger partial charge < -0.3 is 15.0 Å².